The number of halogens is 2. The van der Waals surface area contributed by atoms with Gasteiger partial charge in [-0.15, -0.1) is 0 Å². The van der Waals surface area contributed by atoms with Gasteiger partial charge in [-0.25, -0.2) is 4.39 Å². The molecule has 21 heavy (non-hydrogen) atoms. The van der Waals surface area contributed by atoms with E-state index in [-0.39, 0.29) is 16.8 Å². The first-order chi connectivity index (χ1) is 9.91. The van der Waals surface area contributed by atoms with Crippen molar-refractivity contribution in [1.82, 2.24) is 9.80 Å². The number of amides is 2. The molecule has 3 rings (SSSR count). The molecule has 1 aromatic rings. The molecule has 2 fully saturated rings. The van der Waals surface area contributed by atoms with E-state index in [9.17, 15) is 14.0 Å². The molecule has 0 bridgehead atoms. The molecule has 2 saturated heterocycles. The van der Waals surface area contributed by atoms with Gasteiger partial charge >= 0.3 is 0 Å². The van der Waals surface area contributed by atoms with Gasteiger partial charge in [-0.3, -0.25) is 24.3 Å². The predicted molar refractivity (Wildman–Crippen MR) is 76.2 cm³/mol. The van der Waals surface area contributed by atoms with Crippen molar-refractivity contribution in [2.24, 2.45) is 0 Å². The Hall–Kier alpha value is -1.66. The van der Waals surface area contributed by atoms with Crippen LogP contribution in [0.4, 0.5) is 10.1 Å². The number of fused-ring (bicyclic) bond motifs is 1. The molecule has 0 aliphatic carbocycles. The maximum absolute atomic E-state index is 13.3. The van der Waals surface area contributed by atoms with E-state index >= 15 is 0 Å². The van der Waals surface area contributed by atoms with Gasteiger partial charge in [0.1, 0.15) is 11.9 Å². The Kier molecular flexibility index (Phi) is 3.37. The van der Waals surface area contributed by atoms with E-state index < -0.39 is 18.1 Å². The Labute approximate surface area is 126 Å². The SMILES string of the molecule is CN(C)[C@H]1N(c2ccc(F)c(Cl)c2)C(=O)[C@H]2CCC(=O)N21. The predicted octanol–water partition coefficient (Wildman–Crippen LogP) is 1.66. The lowest BCUT2D eigenvalue weighted by Crippen LogP contribution is -2.51. The Bertz CT molecular complexity index is 622. The molecule has 112 valence electrons. The maximum atomic E-state index is 13.3. The third kappa shape index (κ3) is 2.10. The molecule has 0 spiro atoms. The molecule has 0 N–H and O–H groups in total. The van der Waals surface area contributed by atoms with Crippen molar-refractivity contribution in [3.05, 3.63) is 29.0 Å². The molecular weight excluding hydrogens is 297 g/mol. The summed E-state index contributed by atoms with van der Waals surface area (Å²) in [5.41, 5.74) is 0.493. The highest BCUT2D eigenvalue weighted by atomic mass is 35.5. The van der Waals surface area contributed by atoms with Crippen LogP contribution in [0.5, 0.6) is 0 Å². The zero-order valence-electron chi connectivity index (χ0n) is 11.7. The molecule has 0 radical (unpaired) electrons. The summed E-state index contributed by atoms with van der Waals surface area (Å²) in [4.78, 5) is 29.6. The first-order valence-corrected chi connectivity index (χ1v) is 7.05. The van der Waals surface area contributed by atoms with Crippen LogP contribution in [0.25, 0.3) is 0 Å². The summed E-state index contributed by atoms with van der Waals surface area (Å²) in [6.07, 6.45) is 0.408. The summed E-state index contributed by atoms with van der Waals surface area (Å²) >= 11 is 5.81. The van der Waals surface area contributed by atoms with Crippen LogP contribution in [0.15, 0.2) is 18.2 Å². The molecule has 7 heteroatoms. The van der Waals surface area contributed by atoms with Gasteiger partial charge in [-0.05, 0) is 38.7 Å². The molecule has 2 atom stereocenters. The summed E-state index contributed by atoms with van der Waals surface area (Å²) < 4.78 is 13.3. The maximum Gasteiger partial charge on any atom is 0.252 e. The van der Waals surface area contributed by atoms with Gasteiger partial charge < -0.3 is 0 Å². The van der Waals surface area contributed by atoms with Gasteiger partial charge in [0.15, 0.2) is 6.29 Å². The fourth-order valence-corrected chi connectivity index (χ4v) is 3.18. The van der Waals surface area contributed by atoms with Gasteiger partial charge in [-0.1, -0.05) is 11.6 Å². The van der Waals surface area contributed by atoms with Gasteiger partial charge in [0.2, 0.25) is 5.91 Å². The van der Waals surface area contributed by atoms with Crippen LogP contribution in [0.3, 0.4) is 0 Å². The average Bonchev–Trinajstić information content (AvgIpc) is 2.93. The van der Waals surface area contributed by atoms with Crippen LogP contribution < -0.4 is 4.90 Å². The van der Waals surface area contributed by atoms with Crippen LogP contribution in [0, 0.1) is 5.82 Å². The fraction of sp³-hybridized carbons (Fsp3) is 0.429. The summed E-state index contributed by atoms with van der Waals surface area (Å²) in [6.45, 7) is 0. The lowest BCUT2D eigenvalue weighted by Gasteiger charge is -2.34. The molecule has 2 aliphatic rings. The van der Waals surface area contributed by atoms with Crippen molar-refractivity contribution in [1.29, 1.82) is 0 Å². The summed E-state index contributed by atoms with van der Waals surface area (Å²) in [5, 5.41) is -0.0452. The topological polar surface area (TPSA) is 43.9 Å². The van der Waals surface area contributed by atoms with Gasteiger partial charge in [0.05, 0.1) is 5.02 Å². The monoisotopic (exact) mass is 311 g/mol. The third-order valence-electron chi connectivity index (χ3n) is 3.90. The minimum absolute atomic E-state index is 0.0391. The van der Waals surface area contributed by atoms with Crippen LogP contribution in [-0.2, 0) is 9.59 Å². The minimum Gasteiger partial charge on any atom is -0.297 e. The number of carbonyl (C=O) groups is 2. The standard InChI is InChI=1S/C14H15ClFN3O2/c1-17(2)14-18(8-3-4-10(16)9(15)7-8)13(21)11-5-6-12(20)19(11)14/h3-4,7,11,14H,5-6H2,1-2H3/t11-,14+/m1/s1. The number of hydrogen-bond acceptors (Lipinski definition) is 3. The molecule has 2 heterocycles. The van der Waals surface area contributed by atoms with E-state index in [0.717, 1.165) is 0 Å². The van der Waals surface area contributed by atoms with Crippen molar-refractivity contribution in [2.75, 3.05) is 19.0 Å². The van der Waals surface area contributed by atoms with Crippen LogP contribution in [-0.4, -0.2) is 48.0 Å². The lowest BCUT2D eigenvalue weighted by atomic mass is 10.2. The first-order valence-electron chi connectivity index (χ1n) is 6.67. The zero-order chi connectivity index (χ0) is 15.3. The molecule has 2 amide bonds. The number of rotatable bonds is 2. The summed E-state index contributed by atoms with van der Waals surface area (Å²) in [5.74, 6) is -0.727. The second kappa shape index (κ2) is 4.96. The Morgan fingerprint density at radius 2 is 2.05 bits per heavy atom. The highest BCUT2D eigenvalue weighted by molar-refractivity contribution is 6.31. The Morgan fingerprint density at radius 1 is 1.33 bits per heavy atom. The van der Waals surface area contributed by atoms with Crippen LogP contribution in [0.2, 0.25) is 5.02 Å². The first kappa shape index (κ1) is 14.3. The highest BCUT2D eigenvalue weighted by Crippen LogP contribution is 2.36. The minimum atomic E-state index is -0.537. The van der Waals surface area contributed by atoms with E-state index in [2.05, 4.69) is 0 Å². The van der Waals surface area contributed by atoms with Crippen molar-refractivity contribution in [3.8, 4) is 0 Å². The average molecular weight is 312 g/mol. The second-order valence-electron chi connectivity index (χ2n) is 5.47. The highest BCUT2D eigenvalue weighted by Gasteiger charge is 2.53. The Morgan fingerprint density at radius 3 is 2.67 bits per heavy atom. The second-order valence-corrected chi connectivity index (χ2v) is 5.88. The zero-order valence-corrected chi connectivity index (χ0v) is 12.5. The van der Waals surface area contributed by atoms with Crippen molar-refractivity contribution in [3.63, 3.8) is 0 Å². The molecule has 1 aromatic carbocycles. The summed E-state index contributed by atoms with van der Waals surface area (Å²) in [6, 6.07) is 3.71. The Balaban J connectivity index is 2.05. The molecule has 0 saturated carbocycles. The quantitative estimate of drug-likeness (QED) is 0.834. The molecule has 0 aromatic heterocycles. The van der Waals surface area contributed by atoms with E-state index in [1.807, 2.05) is 0 Å². The smallest absolute Gasteiger partial charge is 0.252 e. The van der Waals surface area contributed by atoms with E-state index in [0.29, 0.717) is 18.5 Å². The van der Waals surface area contributed by atoms with Crippen molar-refractivity contribution in [2.45, 2.75) is 25.2 Å². The summed E-state index contributed by atoms with van der Waals surface area (Å²) in [7, 11) is 3.59. The molecule has 5 nitrogen and oxygen atoms in total. The number of benzene rings is 1. The van der Waals surface area contributed by atoms with E-state index in [1.54, 1.807) is 23.9 Å². The van der Waals surface area contributed by atoms with Crippen molar-refractivity contribution >= 4 is 29.1 Å². The van der Waals surface area contributed by atoms with Gasteiger partial charge in [0.25, 0.3) is 5.91 Å². The molecule has 0 unspecified atom stereocenters. The fourth-order valence-electron chi connectivity index (χ4n) is 3.01. The third-order valence-corrected chi connectivity index (χ3v) is 4.19. The number of nitrogens with zero attached hydrogens (tertiary/aromatic N) is 3. The number of hydrogen-bond donors (Lipinski definition) is 0. The van der Waals surface area contributed by atoms with Crippen LogP contribution >= 0.6 is 11.6 Å². The lowest BCUT2D eigenvalue weighted by molar-refractivity contribution is -0.133. The van der Waals surface area contributed by atoms with Crippen molar-refractivity contribution < 1.29 is 14.0 Å². The van der Waals surface area contributed by atoms with E-state index in [1.165, 1.54) is 23.1 Å². The van der Waals surface area contributed by atoms with Gasteiger partial charge in [0, 0.05) is 12.1 Å². The number of carbonyl (C=O) groups excluding carboxylic acids is 2. The van der Waals surface area contributed by atoms with Crippen LogP contribution in [0.1, 0.15) is 12.8 Å². The van der Waals surface area contributed by atoms with Gasteiger partial charge in [-0.2, -0.15) is 0 Å². The molecule has 2 aliphatic heterocycles. The normalized spacial score (nSPS) is 25.2. The van der Waals surface area contributed by atoms with E-state index in [4.69, 9.17) is 11.6 Å². The number of anilines is 1. The largest absolute Gasteiger partial charge is 0.297 e. The molecular formula is C14H15ClFN3O2.